The van der Waals surface area contributed by atoms with Gasteiger partial charge < -0.3 is 0 Å². The van der Waals surface area contributed by atoms with Gasteiger partial charge in [0, 0.05) is 6.04 Å². The summed E-state index contributed by atoms with van der Waals surface area (Å²) in [6.45, 7) is 8.94. The van der Waals surface area contributed by atoms with Crippen LogP contribution in [0.3, 0.4) is 0 Å². The first-order valence-electron chi connectivity index (χ1n) is 7.03. The number of nitrogens with one attached hydrogen (secondary N) is 1. The molecule has 0 aliphatic rings. The normalized spacial score (nSPS) is 13.6. The number of unbranched alkanes of at least 4 members (excludes halogenated alkanes) is 1. The molecule has 1 aromatic carbocycles. The molecule has 0 aliphatic carbocycles. The largest absolute Gasteiger partial charge is 0.271 e. The van der Waals surface area contributed by atoms with E-state index < -0.39 is 0 Å². The van der Waals surface area contributed by atoms with Crippen molar-refractivity contribution in [1.29, 1.82) is 0 Å². The number of nitrogens with two attached hydrogens (primary N) is 1. The van der Waals surface area contributed by atoms with Gasteiger partial charge in [0.25, 0.3) is 0 Å². The number of hydrogen-bond acceptors (Lipinski definition) is 2. The molecule has 2 nitrogen and oxygen atoms in total. The van der Waals surface area contributed by atoms with Crippen LogP contribution in [0, 0.1) is 0 Å². The topological polar surface area (TPSA) is 38.0 Å². The van der Waals surface area contributed by atoms with Crippen LogP contribution in [0.15, 0.2) is 24.3 Å². The Kier molecular flexibility index (Phi) is 5.83. The third kappa shape index (κ3) is 4.79. The zero-order chi connectivity index (χ0) is 13.6. The highest BCUT2D eigenvalue weighted by molar-refractivity contribution is 5.27. The number of hydrogen-bond donors (Lipinski definition) is 2. The second kappa shape index (κ2) is 6.91. The summed E-state index contributed by atoms with van der Waals surface area (Å²) in [6.07, 6.45) is 4.62. The average Bonchev–Trinajstić information content (AvgIpc) is 2.34. The van der Waals surface area contributed by atoms with Crippen LogP contribution < -0.4 is 11.3 Å². The Morgan fingerprint density at radius 2 is 1.78 bits per heavy atom. The molecule has 0 aliphatic heterocycles. The molecule has 1 aromatic rings. The highest BCUT2D eigenvalue weighted by Gasteiger charge is 2.13. The number of benzene rings is 1. The Bertz CT molecular complexity index is 335. The van der Waals surface area contributed by atoms with Crippen LogP contribution >= 0.6 is 0 Å². The van der Waals surface area contributed by atoms with E-state index in [-0.39, 0.29) is 5.41 Å². The fourth-order valence-corrected chi connectivity index (χ4v) is 2.12. The second-order valence-corrected chi connectivity index (χ2v) is 6.16. The summed E-state index contributed by atoms with van der Waals surface area (Å²) in [4.78, 5) is 0. The molecule has 0 amide bonds. The van der Waals surface area contributed by atoms with Gasteiger partial charge in [-0.1, -0.05) is 64.8 Å². The molecular formula is C16H28N2. The van der Waals surface area contributed by atoms with Crippen LogP contribution in [0.5, 0.6) is 0 Å². The van der Waals surface area contributed by atoms with Crippen molar-refractivity contribution >= 4 is 0 Å². The van der Waals surface area contributed by atoms with E-state index in [1.165, 1.54) is 24.0 Å². The van der Waals surface area contributed by atoms with E-state index in [4.69, 9.17) is 5.84 Å². The third-order valence-corrected chi connectivity index (χ3v) is 3.44. The number of hydrazine groups is 1. The van der Waals surface area contributed by atoms with Crippen molar-refractivity contribution in [2.24, 2.45) is 5.84 Å². The quantitative estimate of drug-likeness (QED) is 0.597. The van der Waals surface area contributed by atoms with Gasteiger partial charge in [-0.05, 0) is 29.4 Å². The maximum absolute atomic E-state index is 5.61. The van der Waals surface area contributed by atoms with Crippen LogP contribution in [0.2, 0.25) is 0 Å². The summed E-state index contributed by atoms with van der Waals surface area (Å²) < 4.78 is 0. The van der Waals surface area contributed by atoms with E-state index in [1.807, 2.05) is 0 Å². The summed E-state index contributed by atoms with van der Waals surface area (Å²) >= 11 is 0. The Hall–Kier alpha value is -0.860. The Labute approximate surface area is 112 Å². The molecule has 0 bridgehead atoms. The van der Waals surface area contributed by atoms with Gasteiger partial charge in [0.2, 0.25) is 0 Å². The van der Waals surface area contributed by atoms with Crippen LogP contribution in [-0.4, -0.2) is 6.04 Å². The van der Waals surface area contributed by atoms with Crippen LogP contribution in [-0.2, 0) is 11.8 Å². The van der Waals surface area contributed by atoms with Gasteiger partial charge in [0.1, 0.15) is 0 Å². The minimum atomic E-state index is 0.228. The lowest BCUT2D eigenvalue weighted by atomic mass is 9.86. The molecule has 102 valence electrons. The molecule has 0 aromatic heterocycles. The Balaban J connectivity index is 2.62. The highest BCUT2D eigenvalue weighted by Crippen LogP contribution is 2.22. The van der Waals surface area contributed by atoms with Gasteiger partial charge in [0.05, 0.1) is 0 Å². The second-order valence-electron chi connectivity index (χ2n) is 6.16. The molecule has 1 rings (SSSR count). The van der Waals surface area contributed by atoms with Crippen LogP contribution in [0.1, 0.15) is 58.1 Å². The molecule has 0 fully saturated rings. The molecule has 2 heteroatoms. The molecule has 18 heavy (non-hydrogen) atoms. The van der Waals surface area contributed by atoms with Crippen LogP contribution in [0.4, 0.5) is 0 Å². The van der Waals surface area contributed by atoms with Crippen molar-refractivity contribution in [2.75, 3.05) is 0 Å². The smallest absolute Gasteiger partial charge is 0.0250 e. The summed E-state index contributed by atoms with van der Waals surface area (Å²) in [6, 6.07) is 9.34. The maximum atomic E-state index is 5.61. The predicted octanol–water partition coefficient (Wildman–Crippen LogP) is 3.55. The van der Waals surface area contributed by atoms with Gasteiger partial charge in [-0.2, -0.15) is 0 Å². The van der Waals surface area contributed by atoms with Crippen molar-refractivity contribution in [3.8, 4) is 0 Å². The summed E-state index contributed by atoms with van der Waals surface area (Å²) in [5, 5.41) is 0. The zero-order valence-electron chi connectivity index (χ0n) is 12.3. The minimum absolute atomic E-state index is 0.228. The lowest BCUT2D eigenvalue weighted by molar-refractivity contribution is 0.473. The van der Waals surface area contributed by atoms with Gasteiger partial charge >= 0.3 is 0 Å². The first-order valence-corrected chi connectivity index (χ1v) is 7.03. The molecule has 0 heterocycles. The fraction of sp³-hybridized carbons (Fsp3) is 0.625. The average molecular weight is 248 g/mol. The minimum Gasteiger partial charge on any atom is -0.271 e. The van der Waals surface area contributed by atoms with Crippen LogP contribution in [0.25, 0.3) is 0 Å². The van der Waals surface area contributed by atoms with Crippen molar-refractivity contribution < 1.29 is 0 Å². The SMILES string of the molecule is CCCCC(Cc1ccc(C(C)(C)C)cc1)NN. The molecule has 0 saturated carbocycles. The van der Waals surface area contributed by atoms with E-state index >= 15 is 0 Å². The summed E-state index contributed by atoms with van der Waals surface area (Å²) in [5.41, 5.74) is 5.91. The molecule has 0 radical (unpaired) electrons. The van der Waals surface area contributed by atoms with Gasteiger partial charge in [-0.3, -0.25) is 11.3 Å². The first kappa shape index (κ1) is 15.2. The van der Waals surface area contributed by atoms with Crippen molar-refractivity contribution in [3.05, 3.63) is 35.4 Å². The predicted molar refractivity (Wildman–Crippen MR) is 79.5 cm³/mol. The Morgan fingerprint density at radius 3 is 2.22 bits per heavy atom. The molecule has 0 spiro atoms. The van der Waals surface area contributed by atoms with Crippen molar-refractivity contribution in [1.82, 2.24) is 5.43 Å². The van der Waals surface area contributed by atoms with Gasteiger partial charge in [0.15, 0.2) is 0 Å². The Morgan fingerprint density at radius 1 is 1.17 bits per heavy atom. The fourth-order valence-electron chi connectivity index (χ4n) is 2.12. The van der Waals surface area contributed by atoms with E-state index in [0.29, 0.717) is 6.04 Å². The standard InChI is InChI=1S/C16H28N2/c1-5-6-7-15(18-17)12-13-8-10-14(11-9-13)16(2,3)4/h8-11,15,18H,5-7,12,17H2,1-4H3. The monoisotopic (exact) mass is 248 g/mol. The van der Waals surface area contributed by atoms with E-state index in [0.717, 1.165) is 12.8 Å². The molecular weight excluding hydrogens is 220 g/mol. The number of rotatable bonds is 6. The summed E-state index contributed by atoms with van der Waals surface area (Å²) in [7, 11) is 0. The van der Waals surface area contributed by atoms with E-state index in [9.17, 15) is 0 Å². The lowest BCUT2D eigenvalue weighted by Gasteiger charge is -2.20. The van der Waals surface area contributed by atoms with Gasteiger partial charge in [-0.25, -0.2) is 0 Å². The third-order valence-electron chi connectivity index (χ3n) is 3.44. The van der Waals surface area contributed by atoms with Gasteiger partial charge in [-0.15, -0.1) is 0 Å². The van der Waals surface area contributed by atoms with Crippen molar-refractivity contribution in [2.45, 2.75) is 64.8 Å². The molecule has 1 unspecified atom stereocenters. The molecule has 0 saturated heterocycles. The zero-order valence-corrected chi connectivity index (χ0v) is 12.3. The first-order chi connectivity index (χ1) is 8.47. The van der Waals surface area contributed by atoms with E-state index in [1.54, 1.807) is 0 Å². The summed E-state index contributed by atoms with van der Waals surface area (Å²) in [5.74, 6) is 5.61. The molecule has 3 N–H and O–H groups in total. The van der Waals surface area contributed by atoms with E-state index in [2.05, 4.69) is 57.4 Å². The lowest BCUT2D eigenvalue weighted by Crippen LogP contribution is -2.36. The maximum Gasteiger partial charge on any atom is 0.0250 e. The highest BCUT2D eigenvalue weighted by atomic mass is 15.2. The molecule has 1 atom stereocenters. The van der Waals surface area contributed by atoms with Crippen molar-refractivity contribution in [3.63, 3.8) is 0 Å².